The van der Waals surface area contributed by atoms with E-state index in [0.29, 0.717) is 6.04 Å². The maximum Gasteiger partial charge on any atom is 0.0951 e. The fraction of sp³-hybridized carbons (Fsp3) is 0.786. The van der Waals surface area contributed by atoms with Crippen LogP contribution in [0.4, 0.5) is 0 Å². The highest BCUT2D eigenvalue weighted by Gasteiger charge is 2.41. The summed E-state index contributed by atoms with van der Waals surface area (Å²) in [4.78, 5) is 4.39. The van der Waals surface area contributed by atoms with E-state index in [1.165, 1.54) is 31.4 Å². The van der Waals surface area contributed by atoms with E-state index >= 15 is 0 Å². The van der Waals surface area contributed by atoms with Gasteiger partial charge in [0.25, 0.3) is 0 Å². The van der Waals surface area contributed by atoms with E-state index in [1.807, 2.05) is 19.6 Å². The van der Waals surface area contributed by atoms with E-state index in [2.05, 4.69) is 28.7 Å². The van der Waals surface area contributed by atoms with Gasteiger partial charge in [-0.1, -0.05) is 6.42 Å². The van der Waals surface area contributed by atoms with E-state index in [0.717, 1.165) is 11.8 Å². The summed E-state index contributed by atoms with van der Waals surface area (Å²) in [5, 5.41) is 3.39. The zero-order valence-corrected chi connectivity index (χ0v) is 11.1. The predicted octanol–water partition coefficient (Wildman–Crippen LogP) is 2.70. The average molecular weight is 233 g/mol. The Kier molecular flexibility index (Phi) is 2.54. The number of nitrogens with zero attached hydrogens (tertiary/aromatic N) is 2. The zero-order chi connectivity index (χ0) is 12.0. The van der Waals surface area contributed by atoms with Crippen LogP contribution in [0.15, 0.2) is 12.5 Å². The largest absolute Gasteiger partial charge is 0.330 e. The standard InChI is InChI=1S/C14H23N3/c1-14(2,15-3)13-8-16-9-17(13)12-7-10-4-5-11(12)6-10/h8-12,15H,4-7H2,1-3H3. The van der Waals surface area contributed by atoms with Crippen LogP contribution >= 0.6 is 0 Å². The smallest absolute Gasteiger partial charge is 0.0951 e. The molecular weight excluding hydrogens is 210 g/mol. The first-order valence-electron chi connectivity index (χ1n) is 6.83. The second kappa shape index (κ2) is 3.84. The molecule has 2 aliphatic carbocycles. The first-order valence-corrected chi connectivity index (χ1v) is 6.83. The first kappa shape index (κ1) is 11.3. The van der Waals surface area contributed by atoms with Gasteiger partial charge < -0.3 is 9.88 Å². The van der Waals surface area contributed by atoms with Gasteiger partial charge in [0, 0.05) is 6.04 Å². The van der Waals surface area contributed by atoms with Gasteiger partial charge in [0.15, 0.2) is 0 Å². The summed E-state index contributed by atoms with van der Waals surface area (Å²) in [5.74, 6) is 1.89. The van der Waals surface area contributed by atoms with E-state index in [1.54, 1.807) is 0 Å². The van der Waals surface area contributed by atoms with E-state index in [9.17, 15) is 0 Å². The van der Waals surface area contributed by atoms with Crippen molar-refractivity contribution in [1.29, 1.82) is 0 Å². The van der Waals surface area contributed by atoms with Crippen molar-refractivity contribution in [1.82, 2.24) is 14.9 Å². The number of nitrogens with one attached hydrogen (secondary N) is 1. The van der Waals surface area contributed by atoms with Crippen LogP contribution in [-0.2, 0) is 5.54 Å². The number of hydrogen-bond acceptors (Lipinski definition) is 2. The second-order valence-electron chi connectivity index (χ2n) is 6.30. The van der Waals surface area contributed by atoms with E-state index < -0.39 is 0 Å². The molecule has 3 heteroatoms. The third-order valence-electron chi connectivity index (χ3n) is 4.99. The van der Waals surface area contributed by atoms with Crippen LogP contribution in [0.3, 0.4) is 0 Å². The van der Waals surface area contributed by atoms with Crippen molar-refractivity contribution in [2.45, 2.75) is 51.1 Å². The van der Waals surface area contributed by atoms with Crippen LogP contribution in [-0.4, -0.2) is 16.6 Å². The maximum absolute atomic E-state index is 4.39. The normalized spacial score (nSPS) is 32.3. The van der Waals surface area contributed by atoms with Crippen LogP contribution in [0, 0.1) is 11.8 Å². The lowest BCUT2D eigenvalue weighted by atomic mass is 9.93. The van der Waals surface area contributed by atoms with Gasteiger partial charge in [-0.05, 0) is 52.0 Å². The third-order valence-corrected chi connectivity index (χ3v) is 4.99. The molecule has 17 heavy (non-hydrogen) atoms. The van der Waals surface area contributed by atoms with Crippen molar-refractivity contribution in [3.8, 4) is 0 Å². The van der Waals surface area contributed by atoms with Gasteiger partial charge in [0.1, 0.15) is 0 Å². The van der Waals surface area contributed by atoms with Crippen molar-refractivity contribution < 1.29 is 0 Å². The molecule has 2 bridgehead atoms. The number of fused-ring (bicyclic) bond motifs is 2. The lowest BCUT2D eigenvalue weighted by molar-refractivity contribution is 0.300. The molecule has 1 aromatic rings. The maximum atomic E-state index is 4.39. The molecule has 0 aromatic carbocycles. The van der Waals surface area contributed by atoms with E-state index in [4.69, 9.17) is 0 Å². The molecule has 1 aromatic heterocycles. The summed E-state index contributed by atoms with van der Waals surface area (Å²) < 4.78 is 2.44. The monoisotopic (exact) mass is 233 g/mol. The molecule has 0 amide bonds. The van der Waals surface area contributed by atoms with Crippen molar-refractivity contribution in [2.24, 2.45) is 11.8 Å². The number of aromatic nitrogens is 2. The van der Waals surface area contributed by atoms with Gasteiger partial charge in [-0.15, -0.1) is 0 Å². The van der Waals surface area contributed by atoms with Crippen LogP contribution < -0.4 is 5.32 Å². The fourth-order valence-corrected chi connectivity index (χ4v) is 3.73. The quantitative estimate of drug-likeness (QED) is 0.870. The van der Waals surface area contributed by atoms with Gasteiger partial charge in [0.2, 0.25) is 0 Å². The van der Waals surface area contributed by atoms with Gasteiger partial charge in [-0.3, -0.25) is 0 Å². The molecule has 3 nitrogen and oxygen atoms in total. The Balaban J connectivity index is 1.92. The fourth-order valence-electron chi connectivity index (χ4n) is 3.73. The molecule has 2 fully saturated rings. The van der Waals surface area contributed by atoms with Gasteiger partial charge >= 0.3 is 0 Å². The summed E-state index contributed by atoms with van der Waals surface area (Å²) in [6.07, 6.45) is 9.77. The highest BCUT2D eigenvalue weighted by atomic mass is 15.1. The van der Waals surface area contributed by atoms with Crippen molar-refractivity contribution >= 4 is 0 Å². The Labute approximate surface area is 104 Å². The first-order chi connectivity index (χ1) is 8.12. The predicted molar refractivity (Wildman–Crippen MR) is 68.8 cm³/mol. The van der Waals surface area contributed by atoms with Crippen LogP contribution in [0.1, 0.15) is 51.3 Å². The highest BCUT2D eigenvalue weighted by molar-refractivity contribution is 5.13. The molecule has 2 aliphatic rings. The highest BCUT2D eigenvalue weighted by Crippen LogP contribution is 2.51. The molecule has 3 rings (SSSR count). The summed E-state index contributed by atoms with van der Waals surface area (Å²) in [7, 11) is 2.03. The Morgan fingerprint density at radius 3 is 2.76 bits per heavy atom. The van der Waals surface area contributed by atoms with Crippen molar-refractivity contribution in [3.63, 3.8) is 0 Å². The molecule has 2 saturated carbocycles. The summed E-state index contributed by atoms with van der Waals surface area (Å²) in [5.41, 5.74) is 1.34. The minimum Gasteiger partial charge on any atom is -0.330 e. The topological polar surface area (TPSA) is 29.9 Å². The van der Waals surface area contributed by atoms with Gasteiger partial charge in [-0.2, -0.15) is 0 Å². The lowest BCUT2D eigenvalue weighted by Gasteiger charge is -2.31. The molecule has 3 atom stereocenters. The summed E-state index contributed by atoms with van der Waals surface area (Å²) in [6, 6.07) is 0.707. The summed E-state index contributed by atoms with van der Waals surface area (Å²) >= 11 is 0. The van der Waals surface area contributed by atoms with Crippen molar-refractivity contribution in [3.05, 3.63) is 18.2 Å². The Morgan fingerprint density at radius 1 is 1.35 bits per heavy atom. The number of rotatable bonds is 3. The van der Waals surface area contributed by atoms with E-state index in [-0.39, 0.29) is 5.54 Å². The molecule has 1 heterocycles. The molecule has 0 saturated heterocycles. The minimum atomic E-state index is 0.0122. The summed E-state index contributed by atoms with van der Waals surface area (Å²) in [6.45, 7) is 4.46. The Morgan fingerprint density at radius 2 is 2.18 bits per heavy atom. The molecular formula is C14H23N3. The lowest BCUT2D eigenvalue weighted by Crippen LogP contribution is -2.36. The average Bonchev–Trinajstić information content (AvgIpc) is 3.03. The molecule has 1 N–H and O–H groups in total. The Hall–Kier alpha value is -0.830. The minimum absolute atomic E-state index is 0.0122. The number of imidazole rings is 1. The molecule has 0 radical (unpaired) electrons. The molecule has 0 aliphatic heterocycles. The SMILES string of the molecule is CNC(C)(C)c1cncn1C1CC2CCC1C2. The second-order valence-corrected chi connectivity index (χ2v) is 6.30. The molecule has 94 valence electrons. The third kappa shape index (κ3) is 1.71. The van der Waals surface area contributed by atoms with Crippen LogP contribution in [0.5, 0.6) is 0 Å². The van der Waals surface area contributed by atoms with Crippen LogP contribution in [0.25, 0.3) is 0 Å². The molecule has 0 spiro atoms. The van der Waals surface area contributed by atoms with Gasteiger partial charge in [-0.25, -0.2) is 4.98 Å². The zero-order valence-electron chi connectivity index (χ0n) is 11.1. The Bertz CT molecular complexity index is 407. The van der Waals surface area contributed by atoms with Crippen molar-refractivity contribution in [2.75, 3.05) is 7.05 Å². The molecule has 3 unspecified atom stereocenters. The van der Waals surface area contributed by atoms with Crippen LogP contribution in [0.2, 0.25) is 0 Å². The van der Waals surface area contributed by atoms with Gasteiger partial charge in [0.05, 0.1) is 23.8 Å². The number of hydrogen-bond donors (Lipinski definition) is 1.